The van der Waals surface area contributed by atoms with Gasteiger partial charge in [-0.15, -0.1) is 0 Å². The Balaban J connectivity index is 1.98. The molecular formula is C17H20F3NO5S. The first-order valence-electron chi connectivity index (χ1n) is 8.18. The fourth-order valence-electron chi connectivity index (χ4n) is 2.72. The largest absolute Gasteiger partial charge is 0.490 e. The first kappa shape index (κ1) is 21.2. The van der Waals surface area contributed by atoms with Crippen molar-refractivity contribution in [2.24, 2.45) is 0 Å². The molecule has 0 aromatic heterocycles. The van der Waals surface area contributed by atoms with E-state index in [-0.39, 0.29) is 24.9 Å². The number of benzene rings is 1. The predicted octanol–water partition coefficient (Wildman–Crippen LogP) is 2.96. The lowest BCUT2D eigenvalue weighted by molar-refractivity contribution is -0.137. The number of hydrogen-bond acceptors (Lipinski definition) is 5. The highest BCUT2D eigenvalue weighted by molar-refractivity contribution is 7.94. The molecule has 0 spiro atoms. The van der Waals surface area contributed by atoms with E-state index in [1.807, 2.05) is 0 Å². The van der Waals surface area contributed by atoms with Crippen LogP contribution in [0.2, 0.25) is 0 Å². The molecule has 0 aliphatic carbocycles. The van der Waals surface area contributed by atoms with Gasteiger partial charge in [-0.2, -0.15) is 17.5 Å². The minimum Gasteiger partial charge on any atom is -0.490 e. The number of hydrogen-bond donors (Lipinski definition) is 0. The molecule has 1 aromatic rings. The van der Waals surface area contributed by atoms with Crippen LogP contribution in [0.25, 0.3) is 0 Å². The maximum Gasteiger partial charge on any atom is 0.416 e. The van der Waals surface area contributed by atoms with E-state index in [0.717, 1.165) is 19.2 Å². The van der Waals surface area contributed by atoms with E-state index in [0.29, 0.717) is 12.8 Å². The number of piperidine rings is 1. The zero-order valence-corrected chi connectivity index (χ0v) is 15.6. The molecule has 150 valence electrons. The summed E-state index contributed by atoms with van der Waals surface area (Å²) in [5.41, 5.74) is -0.766. The number of allylic oxidation sites excluding steroid dienone is 1. The summed E-state index contributed by atoms with van der Waals surface area (Å²) >= 11 is 0. The second kappa shape index (κ2) is 8.30. The van der Waals surface area contributed by atoms with Crippen molar-refractivity contribution >= 4 is 16.0 Å². The third kappa shape index (κ3) is 5.01. The van der Waals surface area contributed by atoms with Gasteiger partial charge in [-0.1, -0.05) is 6.08 Å². The van der Waals surface area contributed by atoms with Gasteiger partial charge in [-0.3, -0.25) is 0 Å². The molecule has 0 saturated carbocycles. The van der Waals surface area contributed by atoms with Crippen molar-refractivity contribution in [3.05, 3.63) is 40.8 Å². The van der Waals surface area contributed by atoms with Gasteiger partial charge in [-0.25, -0.2) is 13.2 Å². The third-order valence-electron chi connectivity index (χ3n) is 4.15. The summed E-state index contributed by atoms with van der Waals surface area (Å²) in [6.45, 7) is 1.69. The van der Waals surface area contributed by atoms with Crippen LogP contribution in [0.3, 0.4) is 0 Å². The van der Waals surface area contributed by atoms with Gasteiger partial charge in [0.2, 0.25) is 10.0 Å². The molecule has 1 saturated heterocycles. The highest BCUT2D eigenvalue weighted by atomic mass is 32.2. The molecule has 0 amide bonds. The second-order valence-electron chi connectivity index (χ2n) is 5.89. The number of halogens is 3. The molecule has 0 N–H and O–H groups in total. The van der Waals surface area contributed by atoms with Crippen molar-refractivity contribution in [2.45, 2.75) is 32.0 Å². The molecule has 0 unspecified atom stereocenters. The van der Waals surface area contributed by atoms with Crippen molar-refractivity contribution in [3.63, 3.8) is 0 Å². The molecule has 0 bridgehead atoms. The van der Waals surface area contributed by atoms with Gasteiger partial charge < -0.3 is 9.47 Å². The lowest BCUT2D eigenvalue weighted by Gasteiger charge is -2.31. The molecule has 2 rings (SSSR count). The molecule has 27 heavy (non-hydrogen) atoms. The Labute approximate surface area is 155 Å². The van der Waals surface area contributed by atoms with E-state index >= 15 is 0 Å². The van der Waals surface area contributed by atoms with Gasteiger partial charge in [0.15, 0.2) is 4.91 Å². The van der Waals surface area contributed by atoms with E-state index in [1.54, 1.807) is 0 Å². The first-order chi connectivity index (χ1) is 12.6. The van der Waals surface area contributed by atoms with Crippen LogP contribution in [0.15, 0.2) is 35.2 Å². The fraction of sp³-hybridized carbons (Fsp3) is 0.471. The number of rotatable bonds is 5. The van der Waals surface area contributed by atoms with Crippen molar-refractivity contribution in [3.8, 4) is 5.75 Å². The van der Waals surface area contributed by atoms with Crippen LogP contribution in [-0.2, 0) is 25.7 Å². The van der Waals surface area contributed by atoms with Crippen molar-refractivity contribution < 1.29 is 35.9 Å². The Morgan fingerprint density at radius 1 is 1.19 bits per heavy atom. The summed E-state index contributed by atoms with van der Waals surface area (Å²) in [6.07, 6.45) is -2.87. The summed E-state index contributed by atoms with van der Waals surface area (Å²) in [7, 11) is -2.86. The lowest BCUT2D eigenvalue weighted by atomic mass is 10.1. The van der Waals surface area contributed by atoms with Gasteiger partial charge >= 0.3 is 12.1 Å². The van der Waals surface area contributed by atoms with Crippen LogP contribution in [0.1, 0.15) is 25.3 Å². The Morgan fingerprint density at radius 3 is 2.19 bits per heavy atom. The molecule has 1 heterocycles. The smallest absolute Gasteiger partial charge is 0.416 e. The maximum absolute atomic E-state index is 12.6. The Kier molecular flexibility index (Phi) is 6.53. The number of carbonyl (C=O) groups excluding carboxylic acids is 1. The van der Waals surface area contributed by atoms with Crippen molar-refractivity contribution in [1.29, 1.82) is 0 Å². The SMILES string of the molecule is C/C=C(\C(=O)OC)S(=O)(=O)N1CCC(Oc2ccc(C(F)(F)F)cc2)CC1. The summed E-state index contributed by atoms with van der Waals surface area (Å²) in [5, 5.41) is 0. The maximum atomic E-state index is 12.6. The topological polar surface area (TPSA) is 72.9 Å². The van der Waals surface area contributed by atoms with E-state index in [1.165, 1.54) is 29.4 Å². The average Bonchev–Trinajstić information content (AvgIpc) is 2.62. The molecule has 1 aliphatic rings. The van der Waals surface area contributed by atoms with Crippen LogP contribution >= 0.6 is 0 Å². The van der Waals surface area contributed by atoms with E-state index in [4.69, 9.17) is 4.74 Å². The minimum absolute atomic E-state index is 0.127. The lowest BCUT2D eigenvalue weighted by Crippen LogP contribution is -2.43. The van der Waals surface area contributed by atoms with Gasteiger partial charge in [-0.05, 0) is 44.0 Å². The summed E-state index contributed by atoms with van der Waals surface area (Å²) < 4.78 is 74.1. The van der Waals surface area contributed by atoms with Crippen molar-refractivity contribution in [2.75, 3.05) is 20.2 Å². The number of nitrogens with zero attached hydrogens (tertiary/aromatic N) is 1. The highest BCUT2D eigenvalue weighted by Crippen LogP contribution is 2.31. The number of alkyl halides is 3. The normalized spacial score (nSPS) is 17.6. The third-order valence-corrected chi connectivity index (χ3v) is 6.16. The summed E-state index contributed by atoms with van der Waals surface area (Å²) in [4.78, 5) is 11.2. The van der Waals surface area contributed by atoms with Crippen LogP contribution in [0, 0.1) is 0 Å². The molecule has 0 atom stereocenters. The van der Waals surface area contributed by atoms with E-state index in [2.05, 4.69) is 4.74 Å². The Morgan fingerprint density at radius 2 is 1.74 bits per heavy atom. The van der Waals surface area contributed by atoms with Gasteiger partial charge in [0, 0.05) is 13.1 Å². The molecule has 0 radical (unpaired) electrons. The standard InChI is InChI=1S/C17H20F3NO5S/c1-3-15(16(22)25-2)27(23,24)21-10-8-14(9-11-21)26-13-6-4-12(5-7-13)17(18,19)20/h3-7,14H,8-11H2,1-2H3/b15-3+. The highest BCUT2D eigenvalue weighted by Gasteiger charge is 2.35. The number of ether oxygens (including phenoxy) is 2. The zero-order chi connectivity index (χ0) is 20.2. The van der Waals surface area contributed by atoms with Gasteiger partial charge in [0.05, 0.1) is 12.7 Å². The predicted molar refractivity (Wildman–Crippen MR) is 91.4 cm³/mol. The number of sulfonamides is 1. The number of carbonyl (C=O) groups is 1. The van der Waals surface area contributed by atoms with Crippen LogP contribution in [0.4, 0.5) is 13.2 Å². The molecule has 1 aromatic carbocycles. The quantitative estimate of drug-likeness (QED) is 0.554. The average molecular weight is 407 g/mol. The molecular weight excluding hydrogens is 387 g/mol. The van der Waals surface area contributed by atoms with E-state index < -0.39 is 32.6 Å². The fourth-order valence-corrected chi connectivity index (χ4v) is 4.28. The van der Waals surface area contributed by atoms with Crippen molar-refractivity contribution in [1.82, 2.24) is 4.31 Å². The van der Waals surface area contributed by atoms with Crippen LogP contribution < -0.4 is 4.74 Å². The van der Waals surface area contributed by atoms with Crippen LogP contribution in [0.5, 0.6) is 5.75 Å². The molecule has 1 fully saturated rings. The zero-order valence-electron chi connectivity index (χ0n) is 14.8. The Hall–Kier alpha value is -2.07. The van der Waals surface area contributed by atoms with Crippen LogP contribution in [-0.4, -0.2) is 45.0 Å². The Bertz CT molecular complexity index is 795. The monoisotopic (exact) mass is 407 g/mol. The molecule has 10 heteroatoms. The van der Waals surface area contributed by atoms with Gasteiger partial charge in [0.25, 0.3) is 0 Å². The number of esters is 1. The van der Waals surface area contributed by atoms with Gasteiger partial charge in [0.1, 0.15) is 11.9 Å². The second-order valence-corrected chi connectivity index (χ2v) is 7.79. The minimum atomic E-state index is -4.41. The molecule has 1 aliphatic heterocycles. The summed E-state index contributed by atoms with van der Waals surface area (Å²) in [5.74, 6) is -0.645. The number of methoxy groups -OCH3 is 1. The first-order valence-corrected chi connectivity index (χ1v) is 9.62. The summed E-state index contributed by atoms with van der Waals surface area (Å²) in [6, 6.07) is 4.34. The molecule has 6 nitrogen and oxygen atoms in total. The van der Waals surface area contributed by atoms with E-state index in [9.17, 15) is 26.4 Å².